The molecule has 40 heavy (non-hydrogen) atoms. The highest BCUT2D eigenvalue weighted by atomic mass is 16.6. The van der Waals surface area contributed by atoms with Gasteiger partial charge >= 0.3 is 5.97 Å². The maximum atomic E-state index is 12.5. The summed E-state index contributed by atoms with van der Waals surface area (Å²) in [4.78, 5) is 24.9. The van der Waals surface area contributed by atoms with E-state index in [1.165, 1.54) is 0 Å². The van der Waals surface area contributed by atoms with Crippen molar-refractivity contribution in [2.24, 2.45) is 0 Å². The number of benzene rings is 4. The van der Waals surface area contributed by atoms with Crippen LogP contribution in [0.15, 0.2) is 109 Å². The van der Waals surface area contributed by atoms with E-state index in [1.54, 1.807) is 0 Å². The van der Waals surface area contributed by atoms with Crippen molar-refractivity contribution >= 4 is 11.8 Å². The minimum absolute atomic E-state index is 0.0591. The van der Waals surface area contributed by atoms with Gasteiger partial charge in [-0.1, -0.05) is 84.9 Å². The predicted octanol–water partition coefficient (Wildman–Crippen LogP) is 7.05. The van der Waals surface area contributed by atoms with Crippen LogP contribution in [0.1, 0.15) is 47.9 Å². The van der Waals surface area contributed by atoms with Gasteiger partial charge in [-0.25, -0.2) is 0 Å². The molecule has 0 saturated carbocycles. The van der Waals surface area contributed by atoms with Gasteiger partial charge in [-0.15, -0.1) is 0 Å². The molecule has 5 rings (SSSR count). The summed E-state index contributed by atoms with van der Waals surface area (Å²) in [5.41, 5.74) is 3.54. The Morgan fingerprint density at radius 2 is 1.07 bits per heavy atom. The lowest BCUT2D eigenvalue weighted by atomic mass is 9.82. The molecule has 4 aromatic rings. The summed E-state index contributed by atoms with van der Waals surface area (Å²) in [5.74, 6) is 1.09. The molecule has 204 valence electrons. The summed E-state index contributed by atoms with van der Waals surface area (Å²) in [6, 6.07) is 36.1. The lowest BCUT2D eigenvalue weighted by Crippen LogP contribution is -2.43. The van der Waals surface area contributed by atoms with Crippen LogP contribution in [0.2, 0.25) is 0 Å². The molecular weight excluding hydrogens is 500 g/mol. The number of hydrogen-bond acceptors (Lipinski definition) is 5. The number of Topliss-reactive ketones (excluding diaryl/α,β-unsaturated/α-hetero) is 1. The van der Waals surface area contributed by atoms with E-state index in [-0.39, 0.29) is 18.6 Å². The Bertz CT molecular complexity index is 1310. The zero-order valence-electron chi connectivity index (χ0n) is 22.6. The van der Waals surface area contributed by atoms with Crippen LogP contribution in [-0.2, 0) is 40.4 Å². The number of ether oxygens (including phenoxy) is 3. The number of rotatable bonds is 12. The van der Waals surface area contributed by atoms with Gasteiger partial charge < -0.3 is 14.2 Å². The second-order valence-electron chi connectivity index (χ2n) is 10.4. The van der Waals surface area contributed by atoms with Crippen LogP contribution in [0.4, 0.5) is 0 Å². The van der Waals surface area contributed by atoms with E-state index in [9.17, 15) is 9.59 Å². The number of carbonyl (C=O) groups is 2. The smallest absolute Gasteiger partial charge is 0.313 e. The molecule has 0 unspecified atom stereocenters. The van der Waals surface area contributed by atoms with Crippen molar-refractivity contribution < 1.29 is 23.8 Å². The lowest BCUT2D eigenvalue weighted by Gasteiger charge is -2.36. The molecule has 0 atom stereocenters. The number of esters is 1. The summed E-state index contributed by atoms with van der Waals surface area (Å²) >= 11 is 0. The van der Waals surface area contributed by atoms with Gasteiger partial charge in [0, 0.05) is 6.42 Å². The fourth-order valence-corrected chi connectivity index (χ4v) is 5.11. The van der Waals surface area contributed by atoms with Gasteiger partial charge in [0.25, 0.3) is 0 Å². The van der Waals surface area contributed by atoms with Gasteiger partial charge in [0.2, 0.25) is 0 Å². The average molecular weight is 535 g/mol. The monoisotopic (exact) mass is 534 g/mol. The van der Waals surface area contributed by atoms with E-state index in [2.05, 4.69) is 0 Å². The molecule has 0 spiro atoms. The summed E-state index contributed by atoms with van der Waals surface area (Å²) in [6.07, 6.45) is 2.57. The first kappa shape index (κ1) is 27.2. The number of ketones is 1. The van der Waals surface area contributed by atoms with Gasteiger partial charge in [0.1, 0.15) is 42.5 Å². The first-order valence-corrected chi connectivity index (χ1v) is 13.8. The Labute approximate surface area is 235 Å². The normalized spacial score (nSPS) is 14.4. The zero-order valence-corrected chi connectivity index (χ0v) is 22.6. The third-order valence-electron chi connectivity index (χ3n) is 7.22. The number of carbonyl (C=O) groups excluding carboxylic acids is 2. The molecule has 0 aliphatic carbocycles. The second kappa shape index (κ2) is 13.1. The van der Waals surface area contributed by atoms with Crippen molar-refractivity contribution in [1.29, 1.82) is 0 Å². The highest BCUT2D eigenvalue weighted by Gasteiger charge is 2.40. The molecule has 5 nitrogen and oxygen atoms in total. The van der Waals surface area contributed by atoms with E-state index in [0.29, 0.717) is 38.9 Å². The third-order valence-corrected chi connectivity index (χ3v) is 7.22. The quantitative estimate of drug-likeness (QED) is 0.144. The molecule has 1 heterocycles. The third kappa shape index (κ3) is 7.82. The molecule has 0 bridgehead atoms. The summed E-state index contributed by atoms with van der Waals surface area (Å²) in [6.45, 7) is 0.989. The molecule has 4 aromatic carbocycles. The molecule has 0 N–H and O–H groups in total. The van der Waals surface area contributed by atoms with Crippen LogP contribution >= 0.6 is 0 Å². The Hall–Kier alpha value is -4.38. The van der Waals surface area contributed by atoms with Crippen LogP contribution in [0, 0.1) is 0 Å². The van der Waals surface area contributed by atoms with Gasteiger partial charge in [-0.05, 0) is 72.2 Å². The fraction of sp³-hybridized carbons (Fsp3) is 0.257. The summed E-state index contributed by atoms with van der Waals surface area (Å²) in [5, 5.41) is 0. The Balaban J connectivity index is 1.22. The zero-order chi connectivity index (χ0) is 27.6. The minimum atomic E-state index is -0.825. The summed E-state index contributed by atoms with van der Waals surface area (Å²) < 4.78 is 17.9. The van der Waals surface area contributed by atoms with Crippen molar-refractivity contribution in [3.8, 4) is 11.5 Å². The molecule has 1 fully saturated rings. The van der Waals surface area contributed by atoms with E-state index >= 15 is 0 Å². The lowest BCUT2D eigenvalue weighted by molar-refractivity contribution is -0.172. The van der Waals surface area contributed by atoms with Gasteiger partial charge in [0.05, 0.1) is 0 Å². The van der Waals surface area contributed by atoms with E-state index in [0.717, 1.165) is 33.8 Å². The maximum Gasteiger partial charge on any atom is 0.313 e. The van der Waals surface area contributed by atoms with Crippen molar-refractivity contribution in [3.63, 3.8) is 0 Å². The van der Waals surface area contributed by atoms with Crippen LogP contribution < -0.4 is 9.47 Å². The van der Waals surface area contributed by atoms with Crippen molar-refractivity contribution in [2.75, 3.05) is 0 Å². The van der Waals surface area contributed by atoms with Crippen LogP contribution in [-0.4, -0.2) is 17.4 Å². The van der Waals surface area contributed by atoms with Crippen molar-refractivity contribution in [3.05, 3.63) is 131 Å². The highest BCUT2D eigenvalue weighted by Crippen LogP contribution is 2.34. The first-order chi connectivity index (χ1) is 19.6. The molecule has 1 aliphatic heterocycles. The van der Waals surface area contributed by atoms with E-state index < -0.39 is 11.6 Å². The second-order valence-corrected chi connectivity index (χ2v) is 10.4. The van der Waals surface area contributed by atoms with E-state index in [4.69, 9.17) is 14.2 Å². The van der Waals surface area contributed by atoms with Crippen molar-refractivity contribution in [2.45, 2.75) is 57.3 Å². The SMILES string of the molecule is O=C1CC(=O)OC(CCc2cccc(OCc3ccccc3)c2)(CCc2cccc(OCc3ccccc3)c2)C1. The molecule has 0 radical (unpaired) electrons. The topological polar surface area (TPSA) is 61.8 Å². The minimum Gasteiger partial charge on any atom is -0.489 e. The predicted molar refractivity (Wildman–Crippen MR) is 154 cm³/mol. The number of hydrogen-bond donors (Lipinski definition) is 0. The number of cyclic esters (lactones) is 1. The van der Waals surface area contributed by atoms with Gasteiger partial charge in [-0.3, -0.25) is 9.59 Å². The highest BCUT2D eigenvalue weighted by molar-refractivity contribution is 5.98. The van der Waals surface area contributed by atoms with Crippen LogP contribution in [0.5, 0.6) is 11.5 Å². The van der Waals surface area contributed by atoms with Crippen molar-refractivity contribution in [1.82, 2.24) is 0 Å². The molecule has 5 heteroatoms. The molecular formula is C35H34O5. The van der Waals surface area contributed by atoms with Crippen LogP contribution in [0.25, 0.3) is 0 Å². The largest absolute Gasteiger partial charge is 0.489 e. The molecule has 0 amide bonds. The van der Waals surface area contributed by atoms with Gasteiger partial charge in [0.15, 0.2) is 0 Å². The molecule has 0 aromatic heterocycles. The van der Waals surface area contributed by atoms with Gasteiger partial charge in [-0.2, -0.15) is 0 Å². The molecule has 1 aliphatic rings. The maximum absolute atomic E-state index is 12.5. The fourth-order valence-electron chi connectivity index (χ4n) is 5.11. The Morgan fingerprint density at radius 1 is 0.600 bits per heavy atom. The molecule has 1 saturated heterocycles. The average Bonchev–Trinajstić information content (AvgIpc) is 2.98. The number of aryl methyl sites for hydroxylation is 2. The van der Waals surface area contributed by atoms with Crippen LogP contribution in [0.3, 0.4) is 0 Å². The Morgan fingerprint density at radius 3 is 1.55 bits per heavy atom. The first-order valence-electron chi connectivity index (χ1n) is 13.8. The summed E-state index contributed by atoms with van der Waals surface area (Å²) in [7, 11) is 0. The van der Waals surface area contributed by atoms with E-state index in [1.807, 2.05) is 109 Å². The Kier molecular flexibility index (Phi) is 8.92. The standard InChI is InChI=1S/C35H34O5/c36-31-23-34(37)40-35(24-31,19-17-27-13-7-15-32(21-27)38-25-29-9-3-1-4-10-29)20-18-28-14-8-16-33(22-28)39-26-30-11-5-2-6-12-30/h1-16,21-22H,17-20,23-26H2.